The summed E-state index contributed by atoms with van der Waals surface area (Å²) in [5, 5.41) is 0. The summed E-state index contributed by atoms with van der Waals surface area (Å²) in [5.74, 6) is -0.891. The second kappa shape index (κ2) is 38.9. The van der Waals surface area contributed by atoms with Crippen molar-refractivity contribution < 1.29 is 37.6 Å². The van der Waals surface area contributed by atoms with Crippen LogP contribution in [0.15, 0.2) is 85.1 Å². The van der Waals surface area contributed by atoms with Crippen LogP contribution in [0.25, 0.3) is 0 Å². The van der Waals surface area contributed by atoms with Crippen LogP contribution >= 0.6 is 7.82 Å². The van der Waals surface area contributed by atoms with Crippen LogP contribution in [0.5, 0.6) is 0 Å². The van der Waals surface area contributed by atoms with E-state index in [2.05, 4.69) is 62.5 Å². The fraction of sp³-hybridized carbons (Fsp3) is 0.628. The zero-order valence-corrected chi connectivity index (χ0v) is 33.9. The number of esters is 2. The molecular weight excluding hydrogens is 689 g/mol. The van der Waals surface area contributed by atoms with E-state index in [1.807, 2.05) is 36.5 Å². The molecule has 0 aromatic heterocycles. The van der Waals surface area contributed by atoms with Crippen LogP contribution < -0.4 is 5.73 Å². The molecule has 0 bridgehead atoms. The molecule has 0 amide bonds. The monoisotopic (exact) mass is 761 g/mol. The summed E-state index contributed by atoms with van der Waals surface area (Å²) in [5.41, 5.74) is 5.33. The van der Waals surface area contributed by atoms with Crippen molar-refractivity contribution in [1.82, 2.24) is 0 Å². The minimum absolute atomic E-state index is 0.0411. The number of phosphoric acid groups is 1. The first-order valence-corrected chi connectivity index (χ1v) is 21.6. The first-order valence-electron chi connectivity index (χ1n) is 20.1. The molecule has 0 fully saturated rings. The maximum absolute atomic E-state index is 12.5. The van der Waals surface area contributed by atoms with E-state index in [0.717, 1.165) is 70.6 Å². The van der Waals surface area contributed by atoms with Crippen molar-refractivity contribution in [2.75, 3.05) is 26.4 Å². The Bertz CT molecular complexity index is 1140. The third-order valence-corrected chi connectivity index (χ3v) is 8.86. The highest BCUT2D eigenvalue weighted by Gasteiger charge is 2.25. The van der Waals surface area contributed by atoms with Crippen molar-refractivity contribution in [2.24, 2.45) is 5.73 Å². The Hall–Kier alpha value is -2.81. The molecule has 3 N–H and O–H groups in total. The maximum Gasteiger partial charge on any atom is 0.472 e. The zero-order valence-electron chi connectivity index (χ0n) is 33.0. The highest BCUT2D eigenvalue weighted by Crippen LogP contribution is 2.43. The van der Waals surface area contributed by atoms with Gasteiger partial charge in [0.15, 0.2) is 6.10 Å². The lowest BCUT2D eigenvalue weighted by atomic mass is 10.1. The quantitative estimate of drug-likeness (QED) is 0.0210. The van der Waals surface area contributed by atoms with Crippen LogP contribution in [-0.4, -0.2) is 49.3 Å². The first kappa shape index (κ1) is 50.2. The summed E-state index contributed by atoms with van der Waals surface area (Å²) < 4.78 is 32.6. The van der Waals surface area contributed by atoms with Crippen LogP contribution in [0.2, 0.25) is 0 Å². The van der Waals surface area contributed by atoms with Crippen LogP contribution in [0.3, 0.4) is 0 Å². The van der Waals surface area contributed by atoms with E-state index in [0.29, 0.717) is 12.8 Å². The summed E-state index contributed by atoms with van der Waals surface area (Å²) in [7, 11) is -4.39. The van der Waals surface area contributed by atoms with Crippen LogP contribution in [-0.2, 0) is 32.7 Å². The van der Waals surface area contributed by atoms with E-state index in [1.165, 1.54) is 32.1 Å². The number of hydrogen-bond acceptors (Lipinski definition) is 8. The van der Waals surface area contributed by atoms with E-state index >= 15 is 0 Å². The van der Waals surface area contributed by atoms with E-state index < -0.39 is 32.5 Å². The van der Waals surface area contributed by atoms with Gasteiger partial charge in [0, 0.05) is 19.4 Å². The highest BCUT2D eigenvalue weighted by atomic mass is 31.2. The Labute approximate surface area is 322 Å². The van der Waals surface area contributed by atoms with Gasteiger partial charge in [-0.25, -0.2) is 4.57 Å². The largest absolute Gasteiger partial charge is 0.472 e. The van der Waals surface area contributed by atoms with Gasteiger partial charge in [0.05, 0.1) is 13.2 Å². The van der Waals surface area contributed by atoms with Gasteiger partial charge in [0.2, 0.25) is 0 Å². The molecule has 0 spiro atoms. The van der Waals surface area contributed by atoms with E-state index in [9.17, 15) is 19.0 Å². The average Bonchev–Trinajstić information content (AvgIpc) is 3.14. The Morgan fingerprint density at radius 3 is 1.70 bits per heavy atom. The van der Waals surface area contributed by atoms with Crippen molar-refractivity contribution in [3.8, 4) is 0 Å². The summed E-state index contributed by atoms with van der Waals surface area (Å²) in [6.07, 6.45) is 47.6. The molecule has 2 atom stereocenters. The average molecular weight is 762 g/mol. The van der Waals surface area contributed by atoms with E-state index in [1.54, 1.807) is 0 Å². The van der Waals surface area contributed by atoms with Crippen LogP contribution in [0.1, 0.15) is 142 Å². The number of nitrogens with two attached hydrogens (primary N) is 1. The summed E-state index contributed by atoms with van der Waals surface area (Å²) >= 11 is 0. The van der Waals surface area contributed by atoms with Gasteiger partial charge >= 0.3 is 19.8 Å². The zero-order chi connectivity index (χ0) is 38.9. The molecule has 53 heavy (non-hydrogen) atoms. The Kier molecular flexibility index (Phi) is 36.8. The van der Waals surface area contributed by atoms with Crippen molar-refractivity contribution in [3.05, 3.63) is 85.1 Å². The summed E-state index contributed by atoms with van der Waals surface area (Å²) in [6, 6.07) is 0. The minimum atomic E-state index is -4.39. The van der Waals surface area contributed by atoms with Gasteiger partial charge in [0.1, 0.15) is 6.61 Å². The van der Waals surface area contributed by atoms with E-state index in [4.69, 9.17) is 24.3 Å². The predicted octanol–water partition coefficient (Wildman–Crippen LogP) is 11.3. The Balaban J connectivity index is 4.23. The van der Waals surface area contributed by atoms with Crippen LogP contribution in [0.4, 0.5) is 0 Å². The standard InChI is InChI=1S/C43H72NO8P/c1-3-5-7-9-11-13-15-17-18-19-20-21-22-24-25-27-29-31-33-35-42(45)49-39-41(40-51-53(47,48)50-38-37-44)52-43(46)36-34-32-30-28-26-23-16-14-12-10-8-6-4-2/h5-8,10-14,16-18,23,26,41H,3-4,9,15,19-22,24-25,27-40,44H2,1-2H3,(H,47,48)/b7-5+,8-6+,12-10+,13-11+,16-14+,18-17+,26-23+. The summed E-state index contributed by atoms with van der Waals surface area (Å²) in [6.45, 7) is 3.40. The number of allylic oxidation sites excluding steroid dienone is 14. The fourth-order valence-corrected chi connectivity index (χ4v) is 5.72. The molecule has 0 aromatic rings. The molecule has 0 radical (unpaired) electrons. The fourth-order valence-electron chi connectivity index (χ4n) is 4.95. The smallest absolute Gasteiger partial charge is 0.462 e. The highest BCUT2D eigenvalue weighted by molar-refractivity contribution is 7.47. The van der Waals surface area contributed by atoms with Gasteiger partial charge in [0.25, 0.3) is 0 Å². The van der Waals surface area contributed by atoms with Crippen molar-refractivity contribution >= 4 is 19.8 Å². The lowest BCUT2D eigenvalue weighted by molar-refractivity contribution is -0.161. The number of hydrogen-bond donors (Lipinski definition) is 2. The summed E-state index contributed by atoms with van der Waals surface area (Å²) in [4.78, 5) is 34.8. The lowest BCUT2D eigenvalue weighted by Gasteiger charge is -2.19. The molecule has 0 aliphatic heterocycles. The van der Waals surface area contributed by atoms with Crippen molar-refractivity contribution in [1.29, 1.82) is 0 Å². The number of carbonyl (C=O) groups excluding carboxylic acids is 2. The van der Waals surface area contributed by atoms with Gasteiger partial charge in [-0.15, -0.1) is 0 Å². The van der Waals surface area contributed by atoms with Gasteiger partial charge in [-0.2, -0.15) is 0 Å². The third-order valence-electron chi connectivity index (χ3n) is 7.87. The van der Waals surface area contributed by atoms with Gasteiger partial charge in [-0.05, 0) is 64.2 Å². The molecule has 0 saturated heterocycles. The number of carbonyl (C=O) groups is 2. The predicted molar refractivity (Wildman–Crippen MR) is 219 cm³/mol. The number of unbranched alkanes of at least 4 members (excludes halogenated alkanes) is 12. The van der Waals surface area contributed by atoms with Crippen LogP contribution in [0, 0.1) is 0 Å². The molecular formula is C43H72NO8P. The molecule has 10 heteroatoms. The first-order chi connectivity index (χ1) is 25.8. The molecule has 0 aromatic carbocycles. The molecule has 0 aliphatic carbocycles. The number of phosphoric ester groups is 1. The van der Waals surface area contributed by atoms with Crippen molar-refractivity contribution in [2.45, 2.75) is 148 Å². The minimum Gasteiger partial charge on any atom is -0.462 e. The molecule has 2 unspecified atom stereocenters. The SMILES string of the molecule is CC/C=C/C=C/C=C/C=C/CCCCCC(=O)OC(COC(=O)CCCCCCCCCCC/C=C/C/C=C/C/C=C/CC)COP(=O)(O)OCCN. The van der Waals surface area contributed by atoms with E-state index in [-0.39, 0.29) is 32.6 Å². The molecule has 0 heterocycles. The topological polar surface area (TPSA) is 134 Å². The van der Waals surface area contributed by atoms with Gasteiger partial charge in [-0.1, -0.05) is 150 Å². The Morgan fingerprint density at radius 1 is 0.585 bits per heavy atom. The molecule has 9 nitrogen and oxygen atoms in total. The number of rotatable bonds is 36. The molecule has 0 saturated carbocycles. The molecule has 0 rings (SSSR count). The maximum atomic E-state index is 12.5. The third kappa shape index (κ3) is 38.7. The normalized spacial score (nSPS) is 14.3. The lowest BCUT2D eigenvalue weighted by Crippen LogP contribution is -2.29. The second-order valence-corrected chi connectivity index (χ2v) is 14.3. The van der Waals surface area contributed by atoms with Crippen molar-refractivity contribution in [3.63, 3.8) is 0 Å². The van der Waals surface area contributed by atoms with Gasteiger partial charge in [-0.3, -0.25) is 18.6 Å². The number of ether oxygens (including phenoxy) is 2. The van der Waals surface area contributed by atoms with Gasteiger partial charge < -0.3 is 20.1 Å². The molecule has 0 aliphatic rings. The molecule has 302 valence electrons. The second-order valence-electron chi connectivity index (χ2n) is 12.8. The Morgan fingerprint density at radius 2 is 1.08 bits per heavy atom.